The van der Waals surface area contributed by atoms with Gasteiger partial charge in [-0.25, -0.2) is 0 Å². The van der Waals surface area contributed by atoms with Gasteiger partial charge in [-0.1, -0.05) is 0 Å². The Bertz CT molecular complexity index is 305. The van der Waals surface area contributed by atoms with E-state index in [-0.39, 0.29) is 0 Å². The average molecular weight is 314 g/mol. The highest BCUT2D eigenvalue weighted by molar-refractivity contribution is 14.1. The highest BCUT2D eigenvalue weighted by atomic mass is 127. The average Bonchev–Trinajstić information content (AvgIpc) is 2.33. The third-order valence-corrected chi connectivity index (χ3v) is 1.44. The van der Waals surface area contributed by atoms with Gasteiger partial charge >= 0.3 is 12.1 Å². The van der Waals surface area contributed by atoms with E-state index < -0.39 is 17.9 Å². The fourth-order valence-electron chi connectivity index (χ4n) is 0.450. The molecule has 0 bridgehead atoms. The molecular formula is C3F5IN4. The molecular weight excluding hydrogens is 314 g/mol. The number of hydrogen-bond donors (Lipinski definition) is 0. The minimum Gasteiger partial charge on any atom is -0.187 e. The van der Waals surface area contributed by atoms with Crippen LogP contribution in [0.15, 0.2) is 0 Å². The van der Waals surface area contributed by atoms with Gasteiger partial charge in [0.25, 0.3) is 5.82 Å². The van der Waals surface area contributed by atoms with E-state index in [0.29, 0.717) is 3.01 Å². The first-order valence-electron chi connectivity index (χ1n) is 2.66. The molecule has 1 heterocycles. The standard InChI is InChI=1S/C3F5IN4/c4-2(5,3(6,7)8)1-10-12-13(9)11-1. The van der Waals surface area contributed by atoms with Gasteiger partial charge in [-0.2, -0.15) is 22.0 Å². The Balaban J connectivity index is 3.07. The maximum atomic E-state index is 12.4. The van der Waals surface area contributed by atoms with Crippen molar-refractivity contribution in [3.05, 3.63) is 5.82 Å². The first kappa shape index (κ1) is 10.5. The van der Waals surface area contributed by atoms with Crippen molar-refractivity contribution in [1.29, 1.82) is 0 Å². The molecule has 0 aromatic carbocycles. The van der Waals surface area contributed by atoms with E-state index in [1.165, 1.54) is 22.9 Å². The molecule has 0 atom stereocenters. The smallest absolute Gasteiger partial charge is 0.187 e. The molecule has 0 saturated carbocycles. The highest BCUT2D eigenvalue weighted by Crippen LogP contribution is 2.41. The normalized spacial score (nSPS) is 13.4. The molecule has 0 spiro atoms. The predicted octanol–water partition coefficient (Wildman–Crippen LogP) is 1.53. The third kappa shape index (κ3) is 1.86. The predicted molar refractivity (Wildman–Crippen MR) is 37.2 cm³/mol. The van der Waals surface area contributed by atoms with Crippen LogP contribution in [0.4, 0.5) is 22.0 Å². The van der Waals surface area contributed by atoms with Crippen LogP contribution in [0.5, 0.6) is 0 Å². The summed E-state index contributed by atoms with van der Waals surface area (Å²) in [5.74, 6) is -6.72. The van der Waals surface area contributed by atoms with Gasteiger partial charge in [0.1, 0.15) is 22.9 Å². The van der Waals surface area contributed by atoms with Crippen LogP contribution < -0.4 is 0 Å². The van der Waals surface area contributed by atoms with Gasteiger partial charge in [-0.3, -0.25) is 0 Å². The molecule has 0 radical (unpaired) electrons. The van der Waals surface area contributed by atoms with Crippen molar-refractivity contribution in [2.24, 2.45) is 0 Å². The van der Waals surface area contributed by atoms with Gasteiger partial charge < -0.3 is 0 Å². The Morgan fingerprint density at radius 1 is 1.15 bits per heavy atom. The van der Waals surface area contributed by atoms with Crippen LogP contribution in [-0.2, 0) is 5.92 Å². The fourth-order valence-corrected chi connectivity index (χ4v) is 0.751. The molecule has 1 aromatic heterocycles. The zero-order valence-corrected chi connectivity index (χ0v) is 7.71. The quantitative estimate of drug-likeness (QED) is 0.583. The molecule has 0 aliphatic heterocycles. The maximum Gasteiger partial charge on any atom is 0.461 e. The van der Waals surface area contributed by atoms with Crippen molar-refractivity contribution >= 4 is 22.9 Å². The Hall–Kier alpha value is -0.550. The molecule has 1 aromatic rings. The first-order chi connectivity index (χ1) is 5.75. The lowest BCUT2D eigenvalue weighted by Crippen LogP contribution is -2.34. The van der Waals surface area contributed by atoms with E-state index in [1.807, 2.05) is 0 Å². The molecule has 10 heteroatoms. The van der Waals surface area contributed by atoms with E-state index in [2.05, 4.69) is 15.4 Å². The van der Waals surface area contributed by atoms with Crippen LogP contribution in [0.1, 0.15) is 5.82 Å². The lowest BCUT2D eigenvalue weighted by atomic mass is 10.3. The number of rotatable bonds is 1. The fraction of sp³-hybridized carbons (Fsp3) is 0.667. The number of hydrogen-bond acceptors (Lipinski definition) is 3. The largest absolute Gasteiger partial charge is 0.461 e. The van der Waals surface area contributed by atoms with E-state index in [0.717, 1.165) is 0 Å². The number of alkyl halides is 5. The summed E-state index contributed by atoms with van der Waals surface area (Å²) < 4.78 is 60.2. The zero-order valence-electron chi connectivity index (χ0n) is 5.56. The second-order valence-electron chi connectivity index (χ2n) is 1.93. The summed E-state index contributed by atoms with van der Waals surface area (Å²) in [4.78, 5) is 0. The van der Waals surface area contributed by atoms with Crippen molar-refractivity contribution < 1.29 is 22.0 Å². The third-order valence-electron chi connectivity index (χ3n) is 1.03. The Morgan fingerprint density at radius 3 is 2.00 bits per heavy atom. The minimum atomic E-state index is -5.70. The summed E-state index contributed by atoms with van der Waals surface area (Å²) in [7, 11) is 0. The van der Waals surface area contributed by atoms with Crippen LogP contribution in [0, 0.1) is 0 Å². The van der Waals surface area contributed by atoms with Crippen molar-refractivity contribution in [3.63, 3.8) is 0 Å². The first-order valence-corrected chi connectivity index (χ1v) is 3.63. The summed E-state index contributed by atoms with van der Waals surface area (Å²) in [6.45, 7) is 0. The van der Waals surface area contributed by atoms with E-state index in [4.69, 9.17) is 0 Å². The highest BCUT2D eigenvalue weighted by Gasteiger charge is 2.62. The van der Waals surface area contributed by atoms with Crippen LogP contribution >= 0.6 is 22.9 Å². The number of aromatic nitrogens is 4. The minimum absolute atomic E-state index is 0.493. The zero-order chi connectivity index (χ0) is 10.3. The summed E-state index contributed by atoms with van der Waals surface area (Å²) in [5.41, 5.74) is 0. The molecule has 0 amide bonds. The topological polar surface area (TPSA) is 43.6 Å². The van der Waals surface area contributed by atoms with Gasteiger partial charge in [-0.15, -0.1) is 13.2 Å². The monoisotopic (exact) mass is 314 g/mol. The number of halogens is 6. The Labute approximate surface area is 81.6 Å². The molecule has 0 saturated heterocycles. The summed E-state index contributed by atoms with van der Waals surface area (Å²) in [5, 5.41) is 8.20. The van der Waals surface area contributed by atoms with Gasteiger partial charge in [-0.05, 0) is 5.21 Å². The maximum absolute atomic E-state index is 12.4. The van der Waals surface area contributed by atoms with Crippen molar-refractivity contribution in [2.75, 3.05) is 0 Å². The summed E-state index contributed by atoms with van der Waals surface area (Å²) >= 11 is 1.30. The Morgan fingerprint density at radius 2 is 1.69 bits per heavy atom. The molecule has 74 valence electrons. The molecule has 13 heavy (non-hydrogen) atoms. The second-order valence-corrected chi connectivity index (χ2v) is 2.79. The second kappa shape index (κ2) is 2.99. The SMILES string of the molecule is FC(F)(F)C(F)(F)c1nnn(I)n1. The molecule has 0 unspecified atom stereocenters. The van der Waals surface area contributed by atoms with Crippen LogP contribution in [0.2, 0.25) is 0 Å². The molecule has 1 rings (SSSR count). The van der Waals surface area contributed by atoms with Crippen molar-refractivity contribution in [2.45, 2.75) is 12.1 Å². The van der Waals surface area contributed by atoms with Crippen LogP contribution in [0.3, 0.4) is 0 Å². The number of tetrazole rings is 1. The Kier molecular flexibility index (Phi) is 2.42. The molecule has 4 nitrogen and oxygen atoms in total. The van der Waals surface area contributed by atoms with E-state index >= 15 is 0 Å². The van der Waals surface area contributed by atoms with Crippen molar-refractivity contribution in [3.8, 4) is 0 Å². The van der Waals surface area contributed by atoms with E-state index in [9.17, 15) is 22.0 Å². The number of nitrogens with zero attached hydrogens (tertiary/aromatic N) is 4. The molecule has 0 N–H and O–H groups in total. The van der Waals surface area contributed by atoms with Gasteiger partial charge in [0.15, 0.2) is 0 Å². The summed E-state index contributed by atoms with van der Waals surface area (Å²) in [6, 6.07) is 0. The van der Waals surface area contributed by atoms with E-state index in [1.54, 1.807) is 0 Å². The van der Waals surface area contributed by atoms with Gasteiger partial charge in [0.2, 0.25) is 0 Å². The summed E-state index contributed by atoms with van der Waals surface area (Å²) in [6.07, 6.45) is -5.70. The lowest BCUT2D eigenvalue weighted by molar-refractivity contribution is -0.292. The molecule has 0 fully saturated rings. The van der Waals surface area contributed by atoms with Crippen LogP contribution in [0.25, 0.3) is 0 Å². The van der Waals surface area contributed by atoms with Crippen LogP contribution in [-0.4, -0.2) is 24.6 Å². The van der Waals surface area contributed by atoms with Gasteiger partial charge in [0.05, 0.1) is 0 Å². The van der Waals surface area contributed by atoms with Crippen molar-refractivity contribution in [1.82, 2.24) is 18.4 Å². The molecule has 0 aliphatic carbocycles. The van der Waals surface area contributed by atoms with Gasteiger partial charge in [0, 0.05) is 0 Å². The lowest BCUT2D eigenvalue weighted by Gasteiger charge is -2.14. The molecule has 0 aliphatic rings.